The van der Waals surface area contributed by atoms with Crippen LogP contribution in [0.25, 0.3) is 0 Å². The lowest BCUT2D eigenvalue weighted by atomic mass is 10.2. The van der Waals surface area contributed by atoms with Gasteiger partial charge in [-0.05, 0) is 49.6 Å². The second-order valence-electron chi connectivity index (χ2n) is 6.14. The van der Waals surface area contributed by atoms with Crippen molar-refractivity contribution in [3.63, 3.8) is 0 Å². The third-order valence-electron chi connectivity index (χ3n) is 3.07. The summed E-state index contributed by atoms with van der Waals surface area (Å²) in [7, 11) is 0. The van der Waals surface area contributed by atoms with Crippen molar-refractivity contribution >= 4 is 17.4 Å². The number of hydrogen-bond acceptors (Lipinski definition) is 4. The number of nitrogens with one attached hydrogen (secondary N) is 1. The Morgan fingerprint density at radius 1 is 1.41 bits per heavy atom. The molecule has 0 unspecified atom stereocenters. The number of nitrogens with zero attached hydrogens (tertiary/aromatic N) is 2. The van der Waals surface area contributed by atoms with Gasteiger partial charge in [0.1, 0.15) is 5.60 Å². The Morgan fingerprint density at radius 3 is 2.91 bits per heavy atom. The molecule has 5 nitrogen and oxygen atoms in total. The molecule has 0 aliphatic carbocycles. The monoisotopic (exact) mass is 321 g/mol. The quantitative estimate of drug-likeness (QED) is 0.888. The predicted molar refractivity (Wildman–Crippen MR) is 88.2 cm³/mol. The highest BCUT2D eigenvalue weighted by Crippen LogP contribution is 2.09. The van der Waals surface area contributed by atoms with Crippen LogP contribution in [0, 0.1) is 0 Å². The molecular weight excluding hydrogens is 298 g/mol. The second-order valence-corrected chi connectivity index (χ2v) is 6.92. The molecule has 2 rings (SSSR count). The van der Waals surface area contributed by atoms with E-state index in [4.69, 9.17) is 4.74 Å². The van der Waals surface area contributed by atoms with Gasteiger partial charge in [0.2, 0.25) is 0 Å². The van der Waals surface area contributed by atoms with Crippen LogP contribution < -0.4 is 5.32 Å². The Labute approximate surface area is 135 Å². The Kier molecular flexibility index (Phi) is 5.60. The lowest BCUT2D eigenvalue weighted by Gasteiger charge is -2.19. The van der Waals surface area contributed by atoms with Crippen LogP contribution in [0.15, 0.2) is 29.4 Å². The molecule has 2 heterocycles. The van der Waals surface area contributed by atoms with Crippen LogP contribution in [-0.2, 0) is 24.1 Å². The van der Waals surface area contributed by atoms with Crippen LogP contribution in [0.1, 0.15) is 32.0 Å². The Morgan fingerprint density at radius 2 is 2.23 bits per heavy atom. The third kappa shape index (κ3) is 5.52. The van der Waals surface area contributed by atoms with Crippen LogP contribution in [0.2, 0.25) is 0 Å². The molecule has 0 saturated heterocycles. The van der Waals surface area contributed by atoms with E-state index in [1.807, 2.05) is 33.3 Å². The number of rotatable bonds is 6. The summed E-state index contributed by atoms with van der Waals surface area (Å²) < 4.78 is 7.35. The van der Waals surface area contributed by atoms with Crippen LogP contribution >= 0.6 is 11.3 Å². The van der Waals surface area contributed by atoms with Crippen molar-refractivity contribution in [3.05, 3.63) is 40.6 Å². The molecule has 2 aromatic heterocycles. The Balaban J connectivity index is 1.76. The summed E-state index contributed by atoms with van der Waals surface area (Å²) in [6.45, 7) is 7.00. The van der Waals surface area contributed by atoms with E-state index in [0.29, 0.717) is 6.54 Å². The van der Waals surface area contributed by atoms with Crippen LogP contribution in [0.3, 0.4) is 0 Å². The smallest absolute Gasteiger partial charge is 0.407 e. The molecule has 1 N–H and O–H groups in total. The summed E-state index contributed by atoms with van der Waals surface area (Å²) in [5.74, 6) is 0. The van der Waals surface area contributed by atoms with Gasteiger partial charge >= 0.3 is 6.09 Å². The summed E-state index contributed by atoms with van der Waals surface area (Å²) in [5.41, 5.74) is 2.00. The zero-order chi connectivity index (χ0) is 16.0. The average Bonchev–Trinajstić information content (AvgIpc) is 3.04. The molecule has 0 atom stereocenters. The molecule has 0 aromatic carbocycles. The van der Waals surface area contributed by atoms with Crippen molar-refractivity contribution in [1.29, 1.82) is 0 Å². The van der Waals surface area contributed by atoms with E-state index in [1.54, 1.807) is 11.3 Å². The number of aromatic nitrogens is 2. The van der Waals surface area contributed by atoms with Gasteiger partial charge < -0.3 is 14.6 Å². The van der Waals surface area contributed by atoms with Gasteiger partial charge in [0.15, 0.2) is 0 Å². The first-order chi connectivity index (χ1) is 10.4. The summed E-state index contributed by atoms with van der Waals surface area (Å²) in [4.78, 5) is 15.8. The van der Waals surface area contributed by atoms with E-state index in [9.17, 15) is 4.79 Å². The van der Waals surface area contributed by atoms with Gasteiger partial charge in [-0.3, -0.25) is 0 Å². The normalized spacial score (nSPS) is 11.4. The molecule has 0 aliphatic rings. The first kappa shape index (κ1) is 16.5. The van der Waals surface area contributed by atoms with Crippen molar-refractivity contribution < 1.29 is 9.53 Å². The number of carbonyl (C=O) groups excluding carboxylic acids is 1. The van der Waals surface area contributed by atoms with Gasteiger partial charge in [0, 0.05) is 31.4 Å². The highest BCUT2D eigenvalue weighted by molar-refractivity contribution is 7.07. The number of aryl methyl sites for hydroxylation is 2. The highest BCUT2D eigenvalue weighted by atomic mass is 32.1. The maximum absolute atomic E-state index is 11.6. The summed E-state index contributed by atoms with van der Waals surface area (Å²) in [6.07, 6.45) is 5.05. The van der Waals surface area contributed by atoms with Crippen molar-refractivity contribution in [2.24, 2.45) is 0 Å². The Bertz CT molecular complexity index is 585. The van der Waals surface area contributed by atoms with E-state index in [1.165, 1.54) is 5.56 Å². The van der Waals surface area contributed by atoms with Gasteiger partial charge in [-0.2, -0.15) is 11.3 Å². The summed E-state index contributed by atoms with van der Waals surface area (Å²) in [5, 5.41) is 7.03. The molecule has 120 valence electrons. The van der Waals surface area contributed by atoms with Gasteiger partial charge in [0.05, 0.1) is 6.33 Å². The van der Waals surface area contributed by atoms with Crippen molar-refractivity contribution in [3.8, 4) is 0 Å². The summed E-state index contributed by atoms with van der Waals surface area (Å²) in [6, 6.07) is 2.14. The van der Waals surface area contributed by atoms with Gasteiger partial charge in [-0.15, -0.1) is 0 Å². The molecule has 22 heavy (non-hydrogen) atoms. The van der Waals surface area contributed by atoms with Crippen LogP contribution in [0.5, 0.6) is 0 Å². The van der Waals surface area contributed by atoms with Crippen molar-refractivity contribution in [2.75, 3.05) is 6.54 Å². The molecular formula is C16H23N3O2S. The first-order valence-corrected chi connectivity index (χ1v) is 8.35. The minimum atomic E-state index is -0.466. The summed E-state index contributed by atoms with van der Waals surface area (Å²) >= 11 is 1.72. The average molecular weight is 321 g/mol. The lowest BCUT2D eigenvalue weighted by Crippen LogP contribution is -2.33. The third-order valence-corrected chi connectivity index (χ3v) is 3.80. The van der Waals surface area contributed by atoms with E-state index in [2.05, 4.69) is 31.7 Å². The molecule has 0 radical (unpaired) electrons. The number of alkyl carbamates (subject to hydrolysis) is 1. The standard InChI is InChI=1S/C16H23N3O2S/c1-16(2,3)21-15(20)18-7-4-14-10-17-12-19(14)8-5-13-6-9-22-11-13/h6,9-12H,4-5,7-8H2,1-3H3,(H,18,20). The van der Waals surface area contributed by atoms with E-state index < -0.39 is 5.60 Å². The molecule has 1 amide bonds. The van der Waals surface area contributed by atoms with Gasteiger partial charge in [0.25, 0.3) is 0 Å². The fourth-order valence-electron chi connectivity index (χ4n) is 2.05. The number of carbonyl (C=O) groups is 1. The lowest BCUT2D eigenvalue weighted by molar-refractivity contribution is 0.0528. The predicted octanol–water partition coefficient (Wildman–Crippen LogP) is 3.25. The SMILES string of the molecule is CC(C)(C)OC(=O)NCCc1cncn1CCc1ccsc1. The maximum Gasteiger partial charge on any atom is 0.407 e. The van der Waals surface area contributed by atoms with Gasteiger partial charge in [-0.25, -0.2) is 9.78 Å². The van der Waals surface area contributed by atoms with E-state index in [-0.39, 0.29) is 6.09 Å². The number of amides is 1. The second kappa shape index (κ2) is 7.45. The number of imidazole rings is 1. The van der Waals surface area contributed by atoms with Crippen molar-refractivity contribution in [2.45, 2.75) is 45.8 Å². The number of ether oxygens (including phenoxy) is 1. The highest BCUT2D eigenvalue weighted by Gasteiger charge is 2.15. The van der Waals surface area contributed by atoms with Crippen LogP contribution in [0.4, 0.5) is 4.79 Å². The largest absolute Gasteiger partial charge is 0.444 e. The minimum Gasteiger partial charge on any atom is -0.444 e. The van der Waals surface area contributed by atoms with Crippen LogP contribution in [-0.4, -0.2) is 27.8 Å². The molecule has 2 aromatic rings. The number of hydrogen-bond donors (Lipinski definition) is 1. The van der Waals surface area contributed by atoms with E-state index in [0.717, 1.165) is 25.1 Å². The zero-order valence-electron chi connectivity index (χ0n) is 13.3. The molecule has 0 fully saturated rings. The maximum atomic E-state index is 11.6. The first-order valence-electron chi connectivity index (χ1n) is 7.41. The topological polar surface area (TPSA) is 56.1 Å². The molecule has 0 saturated carbocycles. The zero-order valence-corrected chi connectivity index (χ0v) is 14.2. The number of thiophene rings is 1. The molecule has 0 aliphatic heterocycles. The molecule has 6 heteroatoms. The Hall–Kier alpha value is -1.82. The minimum absolute atomic E-state index is 0.378. The van der Waals surface area contributed by atoms with E-state index >= 15 is 0 Å². The fraction of sp³-hybridized carbons (Fsp3) is 0.500. The molecule has 0 spiro atoms. The van der Waals surface area contributed by atoms with Crippen molar-refractivity contribution in [1.82, 2.24) is 14.9 Å². The molecule has 0 bridgehead atoms. The fourth-order valence-corrected chi connectivity index (χ4v) is 2.75. The van der Waals surface area contributed by atoms with Gasteiger partial charge in [-0.1, -0.05) is 0 Å².